The normalized spacial score (nSPS) is 26.8. The van der Waals surface area contributed by atoms with Crippen molar-refractivity contribution in [1.82, 2.24) is 0 Å². The Morgan fingerprint density at radius 3 is 2.41 bits per heavy atom. The van der Waals surface area contributed by atoms with E-state index < -0.39 is 5.83 Å². The monoisotopic (exact) mass is 437 g/mol. The molecule has 2 saturated carbocycles. The van der Waals surface area contributed by atoms with E-state index >= 15 is 0 Å². The van der Waals surface area contributed by atoms with Crippen molar-refractivity contribution in [1.29, 1.82) is 5.26 Å². The van der Waals surface area contributed by atoms with Gasteiger partial charge in [0.05, 0.1) is 6.10 Å². The lowest BCUT2D eigenvalue weighted by Crippen LogP contribution is -2.25. The van der Waals surface area contributed by atoms with Crippen molar-refractivity contribution in [2.24, 2.45) is 11.8 Å². The van der Waals surface area contributed by atoms with Crippen LogP contribution in [0, 0.1) is 23.2 Å². The molecule has 2 aliphatic rings. The first kappa shape index (κ1) is 24.7. The van der Waals surface area contributed by atoms with Crippen LogP contribution in [-0.2, 0) is 11.2 Å². The van der Waals surface area contributed by atoms with E-state index in [9.17, 15) is 4.39 Å². The molecule has 0 bridgehead atoms. The highest BCUT2D eigenvalue weighted by Gasteiger charge is 2.25. The summed E-state index contributed by atoms with van der Waals surface area (Å²) in [6, 6.07) is 10.9. The number of halogens is 1. The molecule has 0 unspecified atom stereocenters. The van der Waals surface area contributed by atoms with Crippen LogP contribution in [0.25, 0.3) is 0 Å². The Labute approximate surface area is 194 Å². The summed E-state index contributed by atoms with van der Waals surface area (Å²) in [5.74, 6) is 1.13. The Bertz CT molecular complexity index is 759. The summed E-state index contributed by atoms with van der Waals surface area (Å²) < 4.78 is 19.2. The first-order valence-electron chi connectivity index (χ1n) is 12.8. The van der Waals surface area contributed by atoms with Crippen LogP contribution in [0.4, 0.5) is 4.39 Å². The number of hydrogen-bond donors (Lipinski definition) is 0. The molecule has 1 aromatic carbocycles. The minimum atomic E-state index is -0.725. The highest BCUT2D eigenvalue weighted by Crippen LogP contribution is 2.35. The van der Waals surface area contributed by atoms with Gasteiger partial charge in [0.1, 0.15) is 6.07 Å². The molecule has 0 heterocycles. The smallest absolute Gasteiger partial charge is 0.199 e. The molecule has 2 aliphatic carbocycles. The molecular weight excluding hydrogens is 397 g/mol. The van der Waals surface area contributed by atoms with Gasteiger partial charge in [-0.05, 0) is 99.2 Å². The van der Waals surface area contributed by atoms with E-state index in [1.54, 1.807) is 6.08 Å². The summed E-state index contributed by atoms with van der Waals surface area (Å²) in [4.78, 5) is 0. The lowest BCUT2D eigenvalue weighted by molar-refractivity contribution is -0.00337. The largest absolute Gasteiger partial charge is 0.378 e. The van der Waals surface area contributed by atoms with E-state index in [0.717, 1.165) is 19.4 Å². The predicted molar refractivity (Wildman–Crippen MR) is 130 cm³/mol. The van der Waals surface area contributed by atoms with Crippen LogP contribution in [0.1, 0.15) is 94.6 Å². The van der Waals surface area contributed by atoms with E-state index in [2.05, 4.69) is 31.2 Å². The molecule has 3 rings (SSSR count). The number of hydrogen-bond acceptors (Lipinski definition) is 2. The van der Waals surface area contributed by atoms with Crippen molar-refractivity contribution in [3.63, 3.8) is 0 Å². The molecule has 0 amide bonds. The van der Waals surface area contributed by atoms with Gasteiger partial charge in [0.15, 0.2) is 5.83 Å². The van der Waals surface area contributed by atoms with Crippen LogP contribution in [0.5, 0.6) is 0 Å². The van der Waals surface area contributed by atoms with Crippen molar-refractivity contribution in [3.8, 4) is 6.07 Å². The number of benzene rings is 1. The summed E-state index contributed by atoms with van der Waals surface area (Å²) in [5, 5.41) is 8.45. The van der Waals surface area contributed by atoms with Crippen molar-refractivity contribution in [2.75, 3.05) is 6.61 Å². The van der Waals surface area contributed by atoms with E-state index in [4.69, 9.17) is 10.00 Å². The summed E-state index contributed by atoms with van der Waals surface area (Å²) in [7, 11) is 0. The van der Waals surface area contributed by atoms with Crippen molar-refractivity contribution in [3.05, 3.63) is 59.4 Å². The van der Waals surface area contributed by atoms with Gasteiger partial charge in [-0.15, -0.1) is 0 Å². The molecule has 0 saturated heterocycles. The average Bonchev–Trinajstić information content (AvgIpc) is 2.84. The maximum Gasteiger partial charge on any atom is 0.199 e. The predicted octanol–water partition coefficient (Wildman–Crippen LogP) is 8.20. The molecule has 174 valence electrons. The Kier molecular flexibility index (Phi) is 10.5. The van der Waals surface area contributed by atoms with Crippen LogP contribution in [0.3, 0.4) is 0 Å². The minimum Gasteiger partial charge on any atom is -0.378 e. The molecule has 0 radical (unpaired) electrons. The quantitative estimate of drug-likeness (QED) is 0.210. The highest BCUT2D eigenvalue weighted by molar-refractivity contribution is 5.26. The maximum atomic E-state index is 12.8. The van der Waals surface area contributed by atoms with Gasteiger partial charge < -0.3 is 4.74 Å². The third-order valence-corrected chi connectivity index (χ3v) is 7.39. The molecule has 0 aliphatic heterocycles. The fourth-order valence-electron chi connectivity index (χ4n) is 5.25. The van der Waals surface area contributed by atoms with Gasteiger partial charge in [0.2, 0.25) is 0 Å². The molecule has 2 fully saturated rings. The topological polar surface area (TPSA) is 33.0 Å². The lowest BCUT2D eigenvalue weighted by Gasteiger charge is -2.32. The Morgan fingerprint density at radius 2 is 1.75 bits per heavy atom. The Balaban J connectivity index is 1.32. The first-order chi connectivity index (χ1) is 15.7. The van der Waals surface area contributed by atoms with Gasteiger partial charge in [0, 0.05) is 6.61 Å². The highest BCUT2D eigenvalue weighted by atomic mass is 19.1. The van der Waals surface area contributed by atoms with E-state index in [0.29, 0.717) is 23.9 Å². The molecule has 0 atom stereocenters. The molecule has 1 aromatic rings. The van der Waals surface area contributed by atoms with Crippen LogP contribution in [0.15, 0.2) is 48.3 Å². The number of nitriles is 1. The standard InChI is InChI=1S/C29H40FNO/c1-2-3-4-6-23-13-15-26(16-14-23)27-17-19-29(20-18-27)32-22-25-11-9-24(10-12-25)7-5-8-28(30)21-31/h5,7-8,13-16,24-25,27,29H,2-4,6,9-12,17-20,22H2,1H3/b7-5+,28-8-/t24-,25-,27-,29-. The van der Waals surface area contributed by atoms with Gasteiger partial charge >= 0.3 is 0 Å². The molecule has 32 heavy (non-hydrogen) atoms. The zero-order valence-corrected chi connectivity index (χ0v) is 19.8. The molecule has 0 aromatic heterocycles. The number of ether oxygens (including phenoxy) is 1. The van der Waals surface area contributed by atoms with Crippen LogP contribution in [-0.4, -0.2) is 12.7 Å². The van der Waals surface area contributed by atoms with Crippen LogP contribution < -0.4 is 0 Å². The third-order valence-electron chi connectivity index (χ3n) is 7.39. The summed E-state index contributed by atoms with van der Waals surface area (Å²) in [5.41, 5.74) is 2.99. The number of allylic oxidation sites excluding steroid dienone is 4. The number of rotatable bonds is 10. The molecule has 2 nitrogen and oxygen atoms in total. The van der Waals surface area contributed by atoms with Crippen molar-refractivity contribution < 1.29 is 9.13 Å². The zero-order valence-electron chi connectivity index (χ0n) is 19.8. The van der Waals surface area contributed by atoms with Crippen molar-refractivity contribution in [2.45, 2.75) is 96.0 Å². The van der Waals surface area contributed by atoms with Crippen LogP contribution >= 0.6 is 0 Å². The van der Waals surface area contributed by atoms with E-state index in [1.807, 2.05) is 6.08 Å². The average molecular weight is 438 g/mol. The molecule has 0 spiro atoms. The fraction of sp³-hybridized carbons (Fsp3) is 0.621. The van der Waals surface area contributed by atoms with Gasteiger partial charge in [-0.2, -0.15) is 9.65 Å². The first-order valence-corrected chi connectivity index (χ1v) is 12.8. The number of aryl methyl sites for hydroxylation is 1. The van der Waals surface area contributed by atoms with Crippen LogP contribution in [0.2, 0.25) is 0 Å². The second-order valence-corrected chi connectivity index (χ2v) is 9.80. The SMILES string of the molecule is CCCCCc1ccc([C@H]2CC[C@H](OC[C@H]3CC[C@H](/C=C/C=C(\F)C#N)CC3)CC2)cc1. The number of nitrogens with zero attached hydrogens (tertiary/aromatic N) is 1. The van der Waals surface area contributed by atoms with Gasteiger partial charge in [0.25, 0.3) is 0 Å². The summed E-state index contributed by atoms with van der Waals surface area (Å²) >= 11 is 0. The second kappa shape index (κ2) is 13.6. The Morgan fingerprint density at radius 1 is 1.03 bits per heavy atom. The molecule has 0 N–H and O–H groups in total. The Hall–Kier alpha value is -1.92. The van der Waals surface area contributed by atoms with Gasteiger partial charge in [-0.3, -0.25) is 0 Å². The second-order valence-electron chi connectivity index (χ2n) is 9.80. The maximum absolute atomic E-state index is 12.8. The zero-order chi connectivity index (χ0) is 22.6. The third kappa shape index (κ3) is 8.21. The van der Waals surface area contributed by atoms with Gasteiger partial charge in [-0.25, -0.2) is 0 Å². The van der Waals surface area contributed by atoms with E-state index in [-0.39, 0.29) is 0 Å². The number of unbranched alkanes of at least 4 members (excludes halogenated alkanes) is 2. The fourth-order valence-corrected chi connectivity index (χ4v) is 5.25. The van der Waals surface area contributed by atoms with Crippen molar-refractivity contribution >= 4 is 0 Å². The summed E-state index contributed by atoms with van der Waals surface area (Å²) in [6.07, 6.45) is 20.0. The molecule has 3 heteroatoms. The van der Waals surface area contributed by atoms with Gasteiger partial charge in [-0.1, -0.05) is 56.2 Å². The lowest BCUT2D eigenvalue weighted by atomic mass is 9.81. The molecular formula is C29H40FNO. The summed E-state index contributed by atoms with van der Waals surface area (Å²) in [6.45, 7) is 3.15. The van der Waals surface area contributed by atoms with E-state index in [1.165, 1.54) is 87.5 Å². The minimum absolute atomic E-state index is 0.427.